The van der Waals surface area contributed by atoms with Crippen molar-refractivity contribution in [2.45, 2.75) is 37.9 Å². The van der Waals surface area contributed by atoms with Gasteiger partial charge in [0.1, 0.15) is 19.2 Å². The number of rotatable bonds is 5. The first-order valence-corrected chi connectivity index (χ1v) is 11.6. The minimum absolute atomic E-state index is 0.0382. The molecule has 2 aliphatic rings. The predicted octanol–water partition coefficient (Wildman–Crippen LogP) is 3.39. The summed E-state index contributed by atoms with van der Waals surface area (Å²) in [6.07, 6.45) is 4.96. The van der Waals surface area contributed by atoms with Crippen molar-refractivity contribution in [3.63, 3.8) is 0 Å². The number of nitrogens with one attached hydrogen (secondary N) is 1. The zero-order valence-corrected chi connectivity index (χ0v) is 19.6. The van der Waals surface area contributed by atoms with Gasteiger partial charge in [-0.3, -0.25) is 9.78 Å². The van der Waals surface area contributed by atoms with E-state index < -0.39 is 29.9 Å². The van der Waals surface area contributed by atoms with Crippen molar-refractivity contribution in [3.8, 4) is 16.9 Å². The second-order valence-corrected chi connectivity index (χ2v) is 9.03. The molecule has 13 heteroatoms. The van der Waals surface area contributed by atoms with E-state index >= 15 is 4.39 Å². The Hall–Kier alpha value is -4.03. The summed E-state index contributed by atoms with van der Waals surface area (Å²) in [6.45, 7) is -2.97. The largest absolute Gasteiger partial charge is 0.390 e. The normalized spacial score (nSPS) is 20.9. The van der Waals surface area contributed by atoms with Crippen molar-refractivity contribution < 1.29 is 22.8 Å². The summed E-state index contributed by atoms with van der Waals surface area (Å²) in [4.78, 5) is 26.0. The molecule has 0 unspecified atom stereocenters. The van der Waals surface area contributed by atoms with Crippen molar-refractivity contribution >= 4 is 23.1 Å². The van der Waals surface area contributed by atoms with Crippen LogP contribution in [0.25, 0.3) is 22.5 Å². The number of hydrogen-bond acceptors (Lipinski definition) is 7. The molecule has 37 heavy (non-hydrogen) atoms. The first kappa shape index (κ1) is 20.1. The quantitative estimate of drug-likeness (QED) is 0.407. The van der Waals surface area contributed by atoms with Gasteiger partial charge in [0.05, 0.1) is 37.9 Å². The van der Waals surface area contributed by atoms with Crippen molar-refractivity contribution in [3.05, 3.63) is 76.7 Å². The van der Waals surface area contributed by atoms with Crippen LogP contribution in [0, 0.1) is 11.6 Å². The van der Waals surface area contributed by atoms with E-state index in [9.17, 15) is 14.3 Å². The third kappa shape index (κ3) is 3.89. The van der Waals surface area contributed by atoms with E-state index in [0.29, 0.717) is 30.7 Å². The molecule has 10 nitrogen and oxygen atoms in total. The molecule has 4 aromatic rings. The Morgan fingerprint density at radius 1 is 1.24 bits per heavy atom. The van der Waals surface area contributed by atoms with Crippen LogP contribution in [0.2, 0.25) is 5.02 Å². The smallest absolute Gasteiger partial charge is 0.247 e. The second-order valence-electron chi connectivity index (χ2n) is 8.63. The van der Waals surface area contributed by atoms with Crippen LogP contribution >= 0.6 is 11.6 Å². The molecule has 1 amide bonds. The number of nitrogens with zero attached hydrogens (tertiary/aromatic N) is 7. The number of carbonyl (C=O) groups excluding carboxylic acids is 1. The lowest BCUT2D eigenvalue weighted by Crippen LogP contribution is -2.39. The Kier molecular flexibility index (Phi) is 4.95. The van der Waals surface area contributed by atoms with E-state index in [1.807, 2.05) is 0 Å². The number of amides is 1. The average molecular weight is 528 g/mol. The third-order valence-electron chi connectivity index (χ3n) is 6.64. The molecule has 0 saturated carbocycles. The summed E-state index contributed by atoms with van der Waals surface area (Å²) >= 11 is 6.07. The predicted molar refractivity (Wildman–Crippen MR) is 127 cm³/mol. The fraction of sp³-hybridized carbons (Fsp3) is 0.250. The molecular formula is C24H19ClF2N8O2. The molecule has 0 spiro atoms. The number of aromatic amines is 1. The first-order chi connectivity index (χ1) is 19.0. The molecule has 1 saturated heterocycles. The van der Waals surface area contributed by atoms with Gasteiger partial charge >= 0.3 is 0 Å². The number of halogens is 3. The second kappa shape index (κ2) is 9.12. The van der Waals surface area contributed by atoms with Gasteiger partial charge in [0.2, 0.25) is 5.91 Å². The van der Waals surface area contributed by atoms with Crippen LogP contribution in [0.1, 0.15) is 46.5 Å². The minimum Gasteiger partial charge on any atom is -0.390 e. The van der Waals surface area contributed by atoms with Crippen LogP contribution in [0.3, 0.4) is 0 Å². The summed E-state index contributed by atoms with van der Waals surface area (Å²) in [5.41, 5.74) is 0.0456. The third-order valence-corrected chi connectivity index (χ3v) is 6.93. The lowest BCUT2D eigenvalue weighted by Gasteiger charge is -2.33. The van der Waals surface area contributed by atoms with Gasteiger partial charge in [-0.2, -0.15) is 4.68 Å². The lowest BCUT2D eigenvalue weighted by molar-refractivity contribution is -0.129. The fourth-order valence-corrected chi connectivity index (χ4v) is 5.19. The highest BCUT2D eigenvalue weighted by Gasteiger charge is 2.42. The molecule has 0 radical (unpaired) electrons. The van der Waals surface area contributed by atoms with E-state index in [2.05, 4.69) is 30.5 Å². The standard InChI is InChI=1S/C24H19ClF2N8O2/c25-15-2-4-18(34-11-30-32-33-34)21(23(15)27)12-7-13-1-3-19(35(13)20(37)8-12)24-29-9-16(31-24)14-5-6-28-17(10-36)22(14)26/h2,4-6,8-9,11,13,19,36H,1,3,7,10H2,(H,29,31)/t13-,19+/m1/s1/i10D2,11D. The number of hydrogen-bond donors (Lipinski definition) is 2. The van der Waals surface area contributed by atoms with Crippen molar-refractivity contribution in [1.29, 1.82) is 0 Å². The molecule has 1 aromatic carbocycles. The van der Waals surface area contributed by atoms with Crippen LogP contribution in [0.15, 0.2) is 43.0 Å². The van der Waals surface area contributed by atoms with Crippen molar-refractivity contribution in [2.75, 3.05) is 0 Å². The zero-order valence-electron chi connectivity index (χ0n) is 21.9. The highest BCUT2D eigenvalue weighted by Crippen LogP contribution is 2.44. The topological polar surface area (TPSA) is 126 Å². The molecule has 1 fully saturated rings. The number of fused-ring (bicyclic) bond motifs is 1. The molecule has 6 rings (SSSR count). The molecule has 188 valence electrons. The van der Waals surface area contributed by atoms with Crippen LogP contribution in [-0.4, -0.2) is 57.1 Å². The van der Waals surface area contributed by atoms with E-state index in [4.69, 9.17) is 15.7 Å². The average Bonchev–Trinajstić information content (AvgIpc) is 3.65. The maximum atomic E-state index is 15.4. The number of benzene rings is 1. The zero-order chi connectivity index (χ0) is 28.3. The van der Waals surface area contributed by atoms with Gasteiger partial charge < -0.3 is 15.0 Å². The van der Waals surface area contributed by atoms with Gasteiger partial charge in [0.15, 0.2) is 11.6 Å². The van der Waals surface area contributed by atoms with Gasteiger partial charge in [-0.1, -0.05) is 11.6 Å². The molecule has 0 bridgehead atoms. The Labute approximate surface area is 217 Å². The van der Waals surface area contributed by atoms with Gasteiger partial charge in [-0.15, -0.1) is 5.10 Å². The summed E-state index contributed by atoms with van der Waals surface area (Å²) in [5.74, 6) is -1.77. The highest BCUT2D eigenvalue weighted by atomic mass is 35.5. The molecule has 3 aromatic heterocycles. The Morgan fingerprint density at radius 2 is 2.11 bits per heavy atom. The lowest BCUT2D eigenvalue weighted by atomic mass is 9.92. The number of H-pyrrole nitrogens is 1. The molecule has 2 N–H and O–H groups in total. The van der Waals surface area contributed by atoms with Crippen LogP contribution < -0.4 is 0 Å². The Bertz CT molecular complexity index is 1690. The van der Waals surface area contributed by atoms with Crippen molar-refractivity contribution in [2.24, 2.45) is 0 Å². The van der Waals surface area contributed by atoms with Crippen LogP contribution in [-0.2, 0) is 11.4 Å². The van der Waals surface area contributed by atoms with E-state index in [-0.39, 0.29) is 45.8 Å². The minimum atomic E-state index is -2.97. The highest BCUT2D eigenvalue weighted by molar-refractivity contribution is 6.31. The molecule has 2 atom stereocenters. The maximum Gasteiger partial charge on any atom is 0.247 e. The molecular weight excluding hydrogens is 506 g/mol. The van der Waals surface area contributed by atoms with Gasteiger partial charge in [-0.05, 0) is 53.5 Å². The van der Waals surface area contributed by atoms with Crippen LogP contribution in [0.4, 0.5) is 8.78 Å². The monoisotopic (exact) mass is 527 g/mol. The summed E-state index contributed by atoms with van der Waals surface area (Å²) in [6, 6.07) is 3.37. The van der Waals surface area contributed by atoms with E-state index in [1.165, 1.54) is 36.7 Å². The summed E-state index contributed by atoms with van der Waals surface area (Å²) in [5, 5.41) is 20.2. The van der Waals surface area contributed by atoms with Gasteiger partial charge in [-0.25, -0.2) is 13.8 Å². The Balaban J connectivity index is 1.33. The number of aromatic nitrogens is 7. The van der Waals surface area contributed by atoms with E-state index in [1.54, 1.807) is 4.90 Å². The molecule has 2 aliphatic heterocycles. The number of pyridine rings is 1. The van der Waals surface area contributed by atoms with Crippen LogP contribution in [0.5, 0.6) is 0 Å². The van der Waals surface area contributed by atoms with Crippen molar-refractivity contribution in [1.82, 2.24) is 40.1 Å². The van der Waals surface area contributed by atoms with Gasteiger partial charge in [0, 0.05) is 29.4 Å². The number of aliphatic hydroxyl groups is 1. The number of imidazole rings is 1. The van der Waals surface area contributed by atoms with Gasteiger partial charge in [0.25, 0.3) is 0 Å². The number of tetrazole rings is 1. The number of carbonyl (C=O) groups is 1. The Morgan fingerprint density at radius 3 is 2.89 bits per heavy atom. The van der Waals surface area contributed by atoms with E-state index in [0.717, 1.165) is 4.68 Å². The summed E-state index contributed by atoms with van der Waals surface area (Å²) < 4.78 is 54.1. The SMILES string of the molecule is [2H]c1nnnn1-c1ccc(Cl)c(F)c1C1=CC(=O)N2[C@H](CC[C@H]2c2ncc(-c3ccnc(C([2H])([2H])O)c3F)[nH]2)C1. The first-order valence-electron chi connectivity index (χ1n) is 12.7. The maximum absolute atomic E-state index is 15.4. The fourth-order valence-electron chi connectivity index (χ4n) is 5.04. The summed E-state index contributed by atoms with van der Waals surface area (Å²) in [7, 11) is 0. The molecule has 5 heterocycles. The molecule has 0 aliphatic carbocycles.